The van der Waals surface area contributed by atoms with Crippen molar-refractivity contribution in [3.8, 4) is 10.4 Å². The Labute approximate surface area is 191 Å². The molecule has 1 saturated heterocycles. The van der Waals surface area contributed by atoms with Gasteiger partial charge in [-0.15, -0.1) is 11.3 Å². The van der Waals surface area contributed by atoms with E-state index in [1.807, 2.05) is 6.33 Å². The van der Waals surface area contributed by atoms with Crippen molar-refractivity contribution < 1.29 is 14.6 Å². The normalized spacial score (nSPS) is 19.7. The predicted octanol–water partition coefficient (Wildman–Crippen LogP) is 4.60. The Morgan fingerprint density at radius 3 is 2.81 bits per heavy atom. The van der Waals surface area contributed by atoms with Gasteiger partial charge in [0.25, 0.3) is 0 Å². The number of hydrogen-bond acceptors (Lipinski definition) is 7. The lowest BCUT2D eigenvalue weighted by molar-refractivity contribution is 0.0603. The van der Waals surface area contributed by atoms with E-state index in [4.69, 9.17) is 10.5 Å². The first-order valence-electron chi connectivity index (χ1n) is 11.5. The van der Waals surface area contributed by atoms with Crippen molar-refractivity contribution in [2.45, 2.75) is 57.0 Å². The van der Waals surface area contributed by atoms with E-state index in [9.17, 15) is 9.90 Å². The van der Waals surface area contributed by atoms with Crippen LogP contribution in [0, 0.1) is 0 Å². The summed E-state index contributed by atoms with van der Waals surface area (Å²) >= 11 is 1.50. The number of carbonyl (C=O) groups excluding carboxylic acids is 1. The molecule has 1 aromatic carbocycles. The van der Waals surface area contributed by atoms with Crippen LogP contribution in [0.5, 0.6) is 0 Å². The number of nitrogens with two attached hydrogens (primary N) is 1. The fourth-order valence-electron chi connectivity index (χ4n) is 5.26. The molecule has 7 nitrogen and oxygen atoms in total. The molecule has 3 aromatic rings. The number of nitrogen functional groups attached to an aromatic ring is 1. The minimum atomic E-state index is -0.439. The van der Waals surface area contributed by atoms with E-state index >= 15 is 0 Å². The van der Waals surface area contributed by atoms with Crippen LogP contribution in [0.1, 0.15) is 61.3 Å². The maximum atomic E-state index is 12.6. The number of esters is 1. The van der Waals surface area contributed by atoms with Crippen molar-refractivity contribution in [2.24, 2.45) is 0 Å². The van der Waals surface area contributed by atoms with Gasteiger partial charge in [-0.1, -0.05) is 25.3 Å². The summed E-state index contributed by atoms with van der Waals surface area (Å²) in [6.45, 7) is 0.845. The topological polar surface area (TPSA) is 93.6 Å². The van der Waals surface area contributed by atoms with Crippen LogP contribution in [-0.2, 0) is 4.74 Å². The van der Waals surface area contributed by atoms with Gasteiger partial charge < -0.3 is 25.0 Å². The van der Waals surface area contributed by atoms with E-state index in [1.54, 1.807) is 0 Å². The quantitative estimate of drug-likeness (QED) is 0.547. The molecule has 3 N–H and O–H groups in total. The van der Waals surface area contributed by atoms with Crippen LogP contribution in [-0.4, -0.2) is 46.9 Å². The number of nitrogens with zero attached hydrogens (tertiary/aromatic N) is 3. The zero-order valence-corrected chi connectivity index (χ0v) is 19.2. The molecular formula is C24H30N4O3S. The van der Waals surface area contributed by atoms with E-state index in [-0.39, 0.29) is 12.6 Å². The Morgan fingerprint density at radius 2 is 2.06 bits per heavy atom. The average Bonchev–Trinajstić information content (AvgIpc) is 3.55. The lowest BCUT2D eigenvalue weighted by Crippen LogP contribution is -2.32. The summed E-state index contributed by atoms with van der Waals surface area (Å²) < 4.78 is 7.38. The van der Waals surface area contributed by atoms with Gasteiger partial charge in [0.05, 0.1) is 47.7 Å². The Morgan fingerprint density at radius 1 is 1.25 bits per heavy atom. The SMILES string of the molecule is COC(=O)c1c(N2CCC[C@H]2CO)sc(-c2ccc3c(c2)ncn3C2CCCCC2)c1N. The molecule has 0 amide bonds. The third-order valence-corrected chi connectivity index (χ3v) is 8.26. The summed E-state index contributed by atoms with van der Waals surface area (Å²) in [7, 11) is 1.38. The first kappa shape index (κ1) is 21.3. The maximum absolute atomic E-state index is 12.6. The van der Waals surface area contributed by atoms with Crippen molar-refractivity contribution in [1.82, 2.24) is 9.55 Å². The van der Waals surface area contributed by atoms with Crippen LogP contribution in [0.3, 0.4) is 0 Å². The zero-order valence-electron chi connectivity index (χ0n) is 18.4. The molecule has 0 spiro atoms. The molecule has 0 radical (unpaired) electrons. The van der Waals surface area contributed by atoms with Gasteiger partial charge in [-0.25, -0.2) is 9.78 Å². The van der Waals surface area contributed by atoms with Gasteiger partial charge in [0.2, 0.25) is 0 Å². The van der Waals surface area contributed by atoms with Gasteiger partial charge in [-0.2, -0.15) is 0 Å². The van der Waals surface area contributed by atoms with Crippen LogP contribution in [0.2, 0.25) is 0 Å². The van der Waals surface area contributed by atoms with Crippen LogP contribution in [0.4, 0.5) is 10.7 Å². The highest BCUT2D eigenvalue weighted by molar-refractivity contribution is 7.20. The number of ether oxygens (including phenoxy) is 1. The highest BCUT2D eigenvalue weighted by Gasteiger charge is 2.33. The largest absolute Gasteiger partial charge is 0.465 e. The fraction of sp³-hybridized carbons (Fsp3) is 0.500. The Bertz CT molecular complexity index is 1130. The molecule has 0 unspecified atom stereocenters. The van der Waals surface area contributed by atoms with Crippen molar-refractivity contribution in [2.75, 3.05) is 30.9 Å². The molecule has 1 aliphatic carbocycles. The molecule has 32 heavy (non-hydrogen) atoms. The van der Waals surface area contributed by atoms with Crippen molar-refractivity contribution in [1.29, 1.82) is 0 Å². The van der Waals surface area contributed by atoms with Gasteiger partial charge in [-0.05, 0) is 43.4 Å². The second kappa shape index (κ2) is 8.75. The number of aliphatic hydroxyl groups is 1. The number of carbonyl (C=O) groups is 1. The Hall–Kier alpha value is -2.58. The third-order valence-electron chi connectivity index (χ3n) is 6.97. The summed E-state index contributed by atoms with van der Waals surface area (Å²) in [6.07, 6.45) is 10.1. The smallest absolute Gasteiger partial charge is 0.343 e. The highest BCUT2D eigenvalue weighted by atomic mass is 32.1. The number of benzene rings is 1. The summed E-state index contributed by atoms with van der Waals surface area (Å²) in [6, 6.07) is 6.78. The Balaban J connectivity index is 1.56. The highest BCUT2D eigenvalue weighted by Crippen LogP contribution is 2.47. The molecule has 2 aromatic heterocycles. The first-order valence-corrected chi connectivity index (χ1v) is 12.3. The molecule has 1 saturated carbocycles. The van der Waals surface area contributed by atoms with Gasteiger partial charge in [-0.3, -0.25) is 0 Å². The molecule has 5 rings (SSSR count). The maximum Gasteiger partial charge on any atom is 0.343 e. The number of hydrogen-bond donors (Lipinski definition) is 2. The van der Waals surface area contributed by atoms with E-state index in [2.05, 4.69) is 32.7 Å². The van der Waals surface area contributed by atoms with Gasteiger partial charge in [0, 0.05) is 12.6 Å². The molecule has 3 heterocycles. The average molecular weight is 455 g/mol. The van der Waals surface area contributed by atoms with E-state index in [0.29, 0.717) is 17.3 Å². The molecular weight excluding hydrogens is 424 g/mol. The summed E-state index contributed by atoms with van der Waals surface area (Å²) in [5.74, 6) is -0.439. The van der Waals surface area contributed by atoms with Gasteiger partial charge in [0.1, 0.15) is 10.6 Å². The number of anilines is 2. The molecule has 8 heteroatoms. The molecule has 1 atom stereocenters. The first-order chi connectivity index (χ1) is 15.6. The number of thiophene rings is 1. The second-order valence-corrected chi connectivity index (χ2v) is 9.83. The second-order valence-electron chi connectivity index (χ2n) is 8.84. The van der Waals surface area contributed by atoms with E-state index < -0.39 is 5.97 Å². The van der Waals surface area contributed by atoms with Crippen LogP contribution < -0.4 is 10.6 Å². The third kappa shape index (κ3) is 3.55. The minimum absolute atomic E-state index is 0.00187. The van der Waals surface area contributed by atoms with Crippen LogP contribution in [0.25, 0.3) is 21.5 Å². The summed E-state index contributed by atoms with van der Waals surface area (Å²) in [5.41, 5.74) is 10.4. The monoisotopic (exact) mass is 454 g/mol. The number of aromatic nitrogens is 2. The number of methoxy groups -OCH3 is 1. The minimum Gasteiger partial charge on any atom is -0.465 e. The van der Waals surface area contributed by atoms with Crippen molar-refractivity contribution in [3.05, 3.63) is 30.1 Å². The zero-order chi connectivity index (χ0) is 22.2. The molecule has 1 aliphatic heterocycles. The van der Waals surface area contributed by atoms with E-state index in [1.165, 1.54) is 50.6 Å². The molecule has 2 fully saturated rings. The fourth-order valence-corrected chi connectivity index (χ4v) is 6.57. The molecule has 2 aliphatic rings. The lowest BCUT2D eigenvalue weighted by Gasteiger charge is -2.24. The lowest BCUT2D eigenvalue weighted by atomic mass is 9.95. The summed E-state index contributed by atoms with van der Waals surface area (Å²) in [5, 5.41) is 10.6. The van der Waals surface area contributed by atoms with Crippen molar-refractivity contribution in [3.63, 3.8) is 0 Å². The number of rotatable bonds is 5. The van der Waals surface area contributed by atoms with Crippen LogP contribution in [0.15, 0.2) is 24.5 Å². The Kier molecular flexibility index (Phi) is 5.82. The molecule has 170 valence electrons. The number of imidazole rings is 1. The van der Waals surface area contributed by atoms with E-state index in [0.717, 1.165) is 45.9 Å². The summed E-state index contributed by atoms with van der Waals surface area (Å²) in [4.78, 5) is 20.3. The predicted molar refractivity (Wildman–Crippen MR) is 128 cm³/mol. The van der Waals surface area contributed by atoms with Gasteiger partial charge >= 0.3 is 5.97 Å². The number of fused-ring (bicyclic) bond motifs is 1. The molecule has 0 bridgehead atoms. The number of aliphatic hydroxyl groups excluding tert-OH is 1. The standard InChI is InChI=1S/C24H30N4O3S/c1-31-24(30)20-21(25)22(32-23(20)27-11-5-8-17(27)13-29)15-9-10-19-18(12-15)26-14-28(19)16-6-3-2-4-7-16/h9-10,12,14,16-17,29H,2-8,11,13,25H2,1H3/t17-/m0/s1. The van der Waals surface area contributed by atoms with Crippen LogP contribution >= 0.6 is 11.3 Å². The van der Waals surface area contributed by atoms with Gasteiger partial charge in [0.15, 0.2) is 0 Å². The van der Waals surface area contributed by atoms with Crippen molar-refractivity contribution >= 4 is 39.0 Å².